The molecule has 2 aromatic rings. The van der Waals surface area contributed by atoms with Crippen molar-refractivity contribution < 1.29 is 0 Å². The van der Waals surface area contributed by atoms with E-state index in [1.807, 2.05) is 30.3 Å². The summed E-state index contributed by atoms with van der Waals surface area (Å²) in [6, 6.07) is 13.7. The second-order valence-corrected chi connectivity index (χ2v) is 6.65. The van der Waals surface area contributed by atoms with E-state index in [4.69, 9.17) is 34.8 Å². The van der Waals surface area contributed by atoms with Gasteiger partial charge in [-0.25, -0.2) is 0 Å². The minimum absolute atomic E-state index is 0.405. The first kappa shape index (κ1) is 13.4. The van der Waals surface area contributed by atoms with E-state index in [0.29, 0.717) is 15.1 Å². The molecule has 0 aromatic heterocycles. The van der Waals surface area contributed by atoms with E-state index in [-0.39, 0.29) is 0 Å². The van der Waals surface area contributed by atoms with Gasteiger partial charge in [0.2, 0.25) is 0 Å². The SMILES string of the molecule is Clc1cc(SSc2ccccc2)cc(Cl)c1Cl. The molecule has 0 radical (unpaired) electrons. The van der Waals surface area contributed by atoms with Crippen molar-refractivity contribution >= 4 is 56.4 Å². The quantitative estimate of drug-likeness (QED) is 0.471. The zero-order valence-electron chi connectivity index (χ0n) is 8.49. The van der Waals surface area contributed by atoms with E-state index in [1.54, 1.807) is 21.6 Å². The van der Waals surface area contributed by atoms with Gasteiger partial charge in [0.05, 0.1) is 15.1 Å². The van der Waals surface area contributed by atoms with E-state index in [9.17, 15) is 0 Å². The average Bonchev–Trinajstić information content (AvgIpc) is 2.34. The first-order valence-corrected chi connectivity index (χ1v) is 7.99. The Morgan fingerprint density at radius 2 is 1.24 bits per heavy atom. The molecule has 0 amide bonds. The molecule has 5 heteroatoms. The topological polar surface area (TPSA) is 0 Å². The highest BCUT2D eigenvalue weighted by Crippen LogP contribution is 2.41. The number of hydrogen-bond donors (Lipinski definition) is 0. The van der Waals surface area contributed by atoms with Crippen molar-refractivity contribution in [1.82, 2.24) is 0 Å². The van der Waals surface area contributed by atoms with Crippen LogP contribution in [0.1, 0.15) is 0 Å². The maximum absolute atomic E-state index is 5.96. The van der Waals surface area contributed by atoms with Crippen LogP contribution in [0.5, 0.6) is 0 Å². The summed E-state index contributed by atoms with van der Waals surface area (Å²) in [5.41, 5.74) is 0. The lowest BCUT2D eigenvalue weighted by Gasteiger charge is -2.04. The van der Waals surface area contributed by atoms with E-state index >= 15 is 0 Å². The Bertz CT molecular complexity index is 491. The zero-order chi connectivity index (χ0) is 12.3. The third-order valence-corrected chi connectivity index (χ3v) is 5.51. The summed E-state index contributed by atoms with van der Waals surface area (Å²) in [5.74, 6) is 0. The van der Waals surface area contributed by atoms with Gasteiger partial charge < -0.3 is 0 Å². The Labute approximate surface area is 123 Å². The lowest BCUT2D eigenvalue weighted by atomic mass is 10.4. The predicted octanol–water partition coefficient (Wildman–Crippen LogP) is 6.45. The molecule has 0 aliphatic carbocycles. The van der Waals surface area contributed by atoms with Crippen LogP contribution in [0.4, 0.5) is 0 Å². The third kappa shape index (κ3) is 3.73. The Hall–Kier alpha value is 0.01000. The monoisotopic (exact) mass is 320 g/mol. The average molecular weight is 322 g/mol. The van der Waals surface area contributed by atoms with Crippen molar-refractivity contribution in [2.45, 2.75) is 9.79 Å². The smallest absolute Gasteiger partial charge is 0.0779 e. The molecule has 88 valence electrons. The second kappa shape index (κ2) is 6.26. The molecule has 0 aliphatic heterocycles. The molecule has 0 aliphatic rings. The first-order valence-electron chi connectivity index (χ1n) is 4.71. The van der Waals surface area contributed by atoms with Crippen molar-refractivity contribution in [1.29, 1.82) is 0 Å². The standard InChI is InChI=1S/C12H7Cl3S2/c13-10-6-9(7-11(14)12(10)15)17-16-8-4-2-1-3-5-8/h1-7H. The molecular formula is C12H7Cl3S2. The van der Waals surface area contributed by atoms with Crippen molar-refractivity contribution in [3.8, 4) is 0 Å². The fourth-order valence-electron chi connectivity index (χ4n) is 1.15. The Morgan fingerprint density at radius 3 is 1.82 bits per heavy atom. The predicted molar refractivity (Wildman–Crippen MR) is 79.6 cm³/mol. The molecule has 0 saturated heterocycles. The van der Waals surface area contributed by atoms with E-state index in [1.165, 1.54) is 4.90 Å². The number of hydrogen-bond acceptors (Lipinski definition) is 2. The Balaban J connectivity index is 2.10. The van der Waals surface area contributed by atoms with Crippen LogP contribution in [-0.4, -0.2) is 0 Å². The third-order valence-electron chi connectivity index (χ3n) is 1.93. The van der Waals surface area contributed by atoms with Crippen LogP contribution >= 0.6 is 56.4 Å². The van der Waals surface area contributed by atoms with Gasteiger partial charge in [0.15, 0.2) is 0 Å². The molecule has 0 N–H and O–H groups in total. The highest BCUT2D eigenvalue weighted by atomic mass is 35.5. The molecule has 0 bridgehead atoms. The van der Waals surface area contributed by atoms with E-state index < -0.39 is 0 Å². The van der Waals surface area contributed by atoms with Crippen LogP contribution < -0.4 is 0 Å². The molecule has 0 heterocycles. The van der Waals surface area contributed by atoms with Gasteiger partial charge in [-0.15, -0.1) is 0 Å². The summed E-state index contributed by atoms with van der Waals surface area (Å²) in [7, 11) is 3.25. The van der Waals surface area contributed by atoms with Gasteiger partial charge in [-0.1, -0.05) is 74.6 Å². The molecule has 0 fully saturated rings. The van der Waals surface area contributed by atoms with Gasteiger partial charge in [-0.05, 0) is 24.3 Å². The van der Waals surface area contributed by atoms with E-state index in [2.05, 4.69) is 12.1 Å². The molecule has 0 unspecified atom stereocenters. The number of rotatable bonds is 3. The molecular weight excluding hydrogens is 315 g/mol. The summed E-state index contributed by atoms with van der Waals surface area (Å²) in [6.45, 7) is 0. The van der Waals surface area contributed by atoms with Crippen LogP contribution in [0.15, 0.2) is 52.3 Å². The Kier molecular flexibility index (Phi) is 4.95. The maximum Gasteiger partial charge on any atom is 0.0779 e. The van der Waals surface area contributed by atoms with Crippen molar-refractivity contribution in [3.63, 3.8) is 0 Å². The molecule has 17 heavy (non-hydrogen) atoms. The molecule has 0 nitrogen and oxygen atoms in total. The van der Waals surface area contributed by atoms with Gasteiger partial charge in [-0.3, -0.25) is 0 Å². The largest absolute Gasteiger partial charge is 0.0826 e. The summed E-state index contributed by atoms with van der Waals surface area (Å²) in [4.78, 5) is 2.16. The molecule has 0 atom stereocenters. The highest BCUT2D eigenvalue weighted by molar-refractivity contribution is 8.76. The zero-order valence-corrected chi connectivity index (χ0v) is 12.4. The van der Waals surface area contributed by atoms with Crippen LogP contribution in [0.2, 0.25) is 15.1 Å². The fourth-order valence-corrected chi connectivity index (χ4v) is 3.87. The van der Waals surface area contributed by atoms with E-state index in [0.717, 1.165) is 4.90 Å². The second-order valence-electron chi connectivity index (χ2n) is 3.18. The van der Waals surface area contributed by atoms with Crippen LogP contribution in [-0.2, 0) is 0 Å². The van der Waals surface area contributed by atoms with Crippen molar-refractivity contribution in [2.75, 3.05) is 0 Å². The molecule has 0 saturated carbocycles. The normalized spacial score (nSPS) is 10.5. The maximum atomic E-state index is 5.96. The van der Waals surface area contributed by atoms with Crippen molar-refractivity contribution in [2.24, 2.45) is 0 Å². The first-order chi connectivity index (χ1) is 8.16. The number of benzene rings is 2. The van der Waals surface area contributed by atoms with Crippen LogP contribution in [0.3, 0.4) is 0 Å². The van der Waals surface area contributed by atoms with Crippen LogP contribution in [0, 0.1) is 0 Å². The number of halogens is 3. The molecule has 2 aromatic carbocycles. The summed E-state index contributed by atoms with van der Waals surface area (Å²) >= 11 is 17.8. The minimum atomic E-state index is 0.405. The molecule has 0 spiro atoms. The summed E-state index contributed by atoms with van der Waals surface area (Å²) < 4.78 is 0. The summed E-state index contributed by atoms with van der Waals surface area (Å²) in [6.07, 6.45) is 0. The lowest BCUT2D eigenvalue weighted by molar-refractivity contribution is 1.47. The van der Waals surface area contributed by atoms with Gasteiger partial charge in [0.25, 0.3) is 0 Å². The van der Waals surface area contributed by atoms with Crippen LogP contribution in [0.25, 0.3) is 0 Å². The lowest BCUT2D eigenvalue weighted by Crippen LogP contribution is -1.75. The summed E-state index contributed by atoms with van der Waals surface area (Å²) in [5, 5.41) is 1.37. The van der Waals surface area contributed by atoms with Gasteiger partial charge in [0, 0.05) is 9.79 Å². The van der Waals surface area contributed by atoms with Gasteiger partial charge >= 0.3 is 0 Å². The van der Waals surface area contributed by atoms with Crippen molar-refractivity contribution in [3.05, 3.63) is 57.5 Å². The Morgan fingerprint density at radius 1 is 0.706 bits per heavy atom. The molecule has 2 rings (SSSR count). The van der Waals surface area contributed by atoms with Gasteiger partial charge in [0.1, 0.15) is 0 Å². The van der Waals surface area contributed by atoms with Gasteiger partial charge in [-0.2, -0.15) is 0 Å². The fraction of sp³-hybridized carbons (Fsp3) is 0. The minimum Gasteiger partial charge on any atom is -0.0826 e. The highest BCUT2D eigenvalue weighted by Gasteiger charge is 2.06.